The molecule has 0 atom stereocenters. The SMILES string of the molecule is CCOC(=O)c1c(Cl)ccc(C#N)c1CCl. The van der Waals surface area contributed by atoms with Crippen LogP contribution in [0.1, 0.15) is 28.4 Å². The van der Waals surface area contributed by atoms with Crippen LogP contribution < -0.4 is 0 Å². The van der Waals surface area contributed by atoms with Gasteiger partial charge >= 0.3 is 5.97 Å². The normalized spacial score (nSPS) is 9.62. The first-order valence-corrected chi connectivity index (χ1v) is 5.51. The summed E-state index contributed by atoms with van der Waals surface area (Å²) in [5.74, 6) is -0.516. The van der Waals surface area contributed by atoms with Crippen LogP contribution in [0.3, 0.4) is 0 Å². The van der Waals surface area contributed by atoms with Crippen LogP contribution in [0.2, 0.25) is 5.02 Å². The maximum atomic E-state index is 11.6. The average molecular weight is 258 g/mol. The van der Waals surface area contributed by atoms with Gasteiger partial charge in [0.2, 0.25) is 0 Å². The lowest BCUT2D eigenvalue weighted by atomic mass is 10.0. The van der Waals surface area contributed by atoms with Crippen molar-refractivity contribution >= 4 is 29.2 Å². The third-order valence-electron chi connectivity index (χ3n) is 2.00. The van der Waals surface area contributed by atoms with Crippen LogP contribution in [0.25, 0.3) is 0 Å². The van der Waals surface area contributed by atoms with Crippen molar-refractivity contribution in [3.05, 3.63) is 33.8 Å². The number of carbonyl (C=O) groups excluding carboxylic acids is 1. The van der Waals surface area contributed by atoms with Gasteiger partial charge in [-0.25, -0.2) is 4.79 Å². The molecule has 0 amide bonds. The van der Waals surface area contributed by atoms with E-state index in [-0.39, 0.29) is 23.1 Å². The summed E-state index contributed by atoms with van der Waals surface area (Å²) in [5.41, 5.74) is 0.926. The average Bonchev–Trinajstić information content (AvgIpc) is 2.28. The van der Waals surface area contributed by atoms with Gasteiger partial charge in [-0.3, -0.25) is 0 Å². The number of esters is 1. The number of alkyl halides is 1. The number of nitriles is 1. The summed E-state index contributed by atoms with van der Waals surface area (Å²) in [4.78, 5) is 11.6. The molecule has 0 aliphatic carbocycles. The van der Waals surface area contributed by atoms with Crippen molar-refractivity contribution in [3.63, 3.8) is 0 Å². The molecule has 84 valence electrons. The Hall–Kier alpha value is -1.24. The number of hydrogen-bond acceptors (Lipinski definition) is 3. The molecule has 1 aromatic carbocycles. The first kappa shape index (κ1) is 12.8. The second-order valence-electron chi connectivity index (χ2n) is 2.91. The van der Waals surface area contributed by atoms with Crippen molar-refractivity contribution in [1.82, 2.24) is 0 Å². The fourth-order valence-electron chi connectivity index (χ4n) is 1.29. The minimum Gasteiger partial charge on any atom is -0.462 e. The van der Waals surface area contributed by atoms with Gasteiger partial charge in [-0.15, -0.1) is 11.6 Å². The van der Waals surface area contributed by atoms with E-state index in [4.69, 9.17) is 33.2 Å². The van der Waals surface area contributed by atoms with Gasteiger partial charge in [-0.05, 0) is 19.1 Å². The number of benzene rings is 1. The molecule has 0 aliphatic heterocycles. The standard InChI is InChI=1S/C11H9Cl2NO2/c1-2-16-11(15)10-8(5-12)7(6-14)3-4-9(10)13/h3-4H,2,5H2,1H3. The minimum absolute atomic E-state index is 0.0393. The Bertz CT molecular complexity index is 452. The summed E-state index contributed by atoms with van der Waals surface area (Å²) in [7, 11) is 0. The fourth-order valence-corrected chi connectivity index (χ4v) is 1.82. The number of hydrogen-bond donors (Lipinski definition) is 0. The highest BCUT2D eigenvalue weighted by Gasteiger charge is 2.19. The summed E-state index contributed by atoms with van der Waals surface area (Å²) < 4.78 is 4.86. The molecule has 0 bridgehead atoms. The van der Waals surface area contributed by atoms with Crippen molar-refractivity contribution in [2.24, 2.45) is 0 Å². The van der Waals surface area contributed by atoms with Crippen LogP contribution in [-0.2, 0) is 10.6 Å². The molecule has 0 saturated heterocycles. The molecule has 16 heavy (non-hydrogen) atoms. The van der Waals surface area contributed by atoms with Gasteiger partial charge in [0.05, 0.1) is 28.8 Å². The molecule has 0 saturated carbocycles. The summed E-state index contributed by atoms with van der Waals surface area (Å²) in [6.45, 7) is 1.94. The van der Waals surface area contributed by atoms with E-state index in [2.05, 4.69) is 0 Å². The van der Waals surface area contributed by atoms with Crippen molar-refractivity contribution in [3.8, 4) is 6.07 Å². The highest BCUT2D eigenvalue weighted by Crippen LogP contribution is 2.25. The largest absolute Gasteiger partial charge is 0.462 e. The minimum atomic E-state index is -0.555. The summed E-state index contributed by atoms with van der Waals surface area (Å²) >= 11 is 11.6. The molecule has 0 unspecified atom stereocenters. The molecule has 1 rings (SSSR count). The lowest BCUT2D eigenvalue weighted by Gasteiger charge is -2.09. The van der Waals surface area contributed by atoms with Gasteiger partial charge < -0.3 is 4.74 Å². The zero-order valence-electron chi connectivity index (χ0n) is 8.59. The lowest BCUT2D eigenvalue weighted by Crippen LogP contribution is -2.09. The molecule has 1 aromatic rings. The molecular formula is C11H9Cl2NO2. The van der Waals surface area contributed by atoms with Crippen LogP contribution in [0.4, 0.5) is 0 Å². The number of carbonyl (C=O) groups is 1. The van der Waals surface area contributed by atoms with E-state index in [0.29, 0.717) is 11.1 Å². The van der Waals surface area contributed by atoms with Crippen LogP contribution in [0.15, 0.2) is 12.1 Å². The molecule has 0 fully saturated rings. The molecule has 5 heteroatoms. The smallest absolute Gasteiger partial charge is 0.340 e. The first-order chi connectivity index (χ1) is 7.65. The van der Waals surface area contributed by atoms with Gasteiger partial charge in [-0.1, -0.05) is 11.6 Å². The van der Waals surface area contributed by atoms with Crippen molar-refractivity contribution < 1.29 is 9.53 Å². The first-order valence-electron chi connectivity index (χ1n) is 4.60. The number of rotatable bonds is 3. The lowest BCUT2D eigenvalue weighted by molar-refractivity contribution is 0.0525. The van der Waals surface area contributed by atoms with E-state index in [9.17, 15) is 4.79 Å². The van der Waals surface area contributed by atoms with Gasteiger partial charge in [-0.2, -0.15) is 5.26 Å². The molecular weight excluding hydrogens is 249 g/mol. The van der Waals surface area contributed by atoms with Crippen molar-refractivity contribution in [2.45, 2.75) is 12.8 Å². The Labute approximate surface area is 104 Å². The number of nitrogens with zero attached hydrogens (tertiary/aromatic N) is 1. The van der Waals surface area contributed by atoms with Crippen molar-refractivity contribution in [1.29, 1.82) is 5.26 Å². The highest BCUT2D eigenvalue weighted by molar-refractivity contribution is 6.34. The Morgan fingerprint density at radius 1 is 1.56 bits per heavy atom. The molecule has 0 N–H and O–H groups in total. The van der Waals surface area contributed by atoms with Gasteiger partial charge in [0.1, 0.15) is 0 Å². The molecule has 0 aliphatic rings. The van der Waals surface area contributed by atoms with Gasteiger partial charge in [0.15, 0.2) is 0 Å². The number of ether oxygens (including phenoxy) is 1. The van der Waals surface area contributed by atoms with Crippen LogP contribution in [-0.4, -0.2) is 12.6 Å². The number of halogens is 2. The predicted octanol–water partition coefficient (Wildman–Crippen LogP) is 3.13. The molecule has 0 aromatic heterocycles. The molecule has 3 nitrogen and oxygen atoms in total. The maximum Gasteiger partial charge on any atom is 0.340 e. The van der Waals surface area contributed by atoms with Gasteiger partial charge in [0, 0.05) is 11.4 Å². The zero-order valence-corrected chi connectivity index (χ0v) is 10.1. The fraction of sp³-hybridized carbons (Fsp3) is 0.273. The summed E-state index contributed by atoms with van der Waals surface area (Å²) in [6, 6.07) is 4.98. The van der Waals surface area contributed by atoms with E-state index in [1.165, 1.54) is 12.1 Å². The van der Waals surface area contributed by atoms with E-state index < -0.39 is 5.97 Å². The Morgan fingerprint density at radius 2 is 2.25 bits per heavy atom. The Morgan fingerprint density at radius 3 is 2.75 bits per heavy atom. The Kier molecular flexibility index (Phi) is 4.60. The predicted molar refractivity (Wildman–Crippen MR) is 61.7 cm³/mol. The summed E-state index contributed by atoms with van der Waals surface area (Å²) in [5, 5.41) is 9.12. The zero-order chi connectivity index (χ0) is 12.1. The monoisotopic (exact) mass is 257 g/mol. The molecule has 0 spiro atoms. The van der Waals surface area contributed by atoms with E-state index >= 15 is 0 Å². The second-order valence-corrected chi connectivity index (χ2v) is 3.59. The van der Waals surface area contributed by atoms with Crippen LogP contribution >= 0.6 is 23.2 Å². The van der Waals surface area contributed by atoms with Crippen LogP contribution in [0.5, 0.6) is 0 Å². The molecule has 0 heterocycles. The van der Waals surface area contributed by atoms with Gasteiger partial charge in [0.25, 0.3) is 0 Å². The topological polar surface area (TPSA) is 50.1 Å². The summed E-state index contributed by atoms with van der Waals surface area (Å²) in [6.07, 6.45) is 0. The van der Waals surface area contributed by atoms with E-state index in [1.807, 2.05) is 6.07 Å². The van der Waals surface area contributed by atoms with E-state index in [0.717, 1.165) is 0 Å². The van der Waals surface area contributed by atoms with Crippen molar-refractivity contribution in [2.75, 3.05) is 6.61 Å². The third kappa shape index (κ3) is 2.46. The Balaban J connectivity index is 3.35. The van der Waals surface area contributed by atoms with E-state index in [1.54, 1.807) is 6.92 Å². The maximum absolute atomic E-state index is 11.6. The third-order valence-corrected chi connectivity index (χ3v) is 2.58. The van der Waals surface area contributed by atoms with Crippen LogP contribution in [0, 0.1) is 11.3 Å². The molecule has 0 radical (unpaired) electrons. The quantitative estimate of drug-likeness (QED) is 0.618. The highest BCUT2D eigenvalue weighted by atomic mass is 35.5. The second kappa shape index (κ2) is 5.74.